The lowest BCUT2D eigenvalue weighted by atomic mass is 10.2. The lowest BCUT2D eigenvalue weighted by Crippen LogP contribution is -2.22. The van der Waals surface area contributed by atoms with Crippen LogP contribution in [0.25, 0.3) is 0 Å². The molecule has 2 rings (SSSR count). The summed E-state index contributed by atoms with van der Waals surface area (Å²) in [5, 5.41) is 6.30. The van der Waals surface area contributed by atoms with E-state index in [1.165, 1.54) is 6.20 Å². The Morgan fingerprint density at radius 1 is 1.43 bits per heavy atom. The van der Waals surface area contributed by atoms with Crippen LogP contribution >= 0.6 is 11.6 Å². The fourth-order valence-corrected chi connectivity index (χ4v) is 2.02. The molecule has 0 unspecified atom stereocenters. The summed E-state index contributed by atoms with van der Waals surface area (Å²) in [7, 11) is 0. The highest BCUT2D eigenvalue weighted by Gasteiger charge is 2.10. The van der Waals surface area contributed by atoms with Crippen molar-refractivity contribution in [2.24, 2.45) is 0 Å². The average Bonchev–Trinajstić information content (AvgIpc) is 2.89. The van der Waals surface area contributed by atoms with Crippen LogP contribution < -0.4 is 10.6 Å². The van der Waals surface area contributed by atoms with Crippen LogP contribution in [0.2, 0.25) is 5.02 Å². The third kappa shape index (κ3) is 4.23. The molecule has 2 aromatic heterocycles. The minimum atomic E-state index is -0.236. The third-order valence-corrected chi connectivity index (χ3v) is 3.15. The molecule has 1 amide bonds. The Hall–Kier alpha value is -2.01. The van der Waals surface area contributed by atoms with Crippen LogP contribution in [0.4, 0.5) is 5.82 Å². The predicted octanol–water partition coefficient (Wildman–Crippen LogP) is 3.39. The van der Waals surface area contributed by atoms with Crippen molar-refractivity contribution in [1.29, 1.82) is 0 Å². The molecule has 0 aromatic carbocycles. The van der Waals surface area contributed by atoms with Gasteiger partial charge in [0.1, 0.15) is 17.3 Å². The van der Waals surface area contributed by atoms with Gasteiger partial charge in [0.05, 0.1) is 17.1 Å². The minimum absolute atomic E-state index is 0.236. The topological polar surface area (TPSA) is 67.2 Å². The van der Waals surface area contributed by atoms with Gasteiger partial charge in [0, 0.05) is 12.7 Å². The van der Waals surface area contributed by atoms with Gasteiger partial charge < -0.3 is 15.1 Å². The van der Waals surface area contributed by atoms with Gasteiger partial charge in [0.15, 0.2) is 0 Å². The number of hydrogen-bond donors (Lipinski definition) is 2. The summed E-state index contributed by atoms with van der Waals surface area (Å²) in [6.45, 7) is 5.03. The first-order chi connectivity index (χ1) is 10.1. The normalized spacial score (nSPS) is 10.4. The molecule has 2 aromatic rings. The Bertz CT molecular complexity index is 625. The molecule has 112 valence electrons. The first-order valence-electron chi connectivity index (χ1n) is 6.83. The standard InChI is InChI=1S/C15H18ClN3O2/c1-3-6-17-14-13(16)7-11(8-18-14)15(20)19-9-12-5-4-10(2)21-12/h4-5,7-8H,3,6,9H2,1-2H3,(H,17,18)(H,19,20). The smallest absolute Gasteiger partial charge is 0.253 e. The van der Waals surface area contributed by atoms with Gasteiger partial charge in [-0.3, -0.25) is 4.79 Å². The van der Waals surface area contributed by atoms with Crippen LogP contribution in [0, 0.1) is 6.92 Å². The second-order valence-electron chi connectivity index (χ2n) is 4.68. The van der Waals surface area contributed by atoms with Crippen molar-refractivity contribution in [3.63, 3.8) is 0 Å². The zero-order valence-corrected chi connectivity index (χ0v) is 12.8. The summed E-state index contributed by atoms with van der Waals surface area (Å²) in [5.41, 5.74) is 0.422. The Kier molecular flexibility index (Phi) is 5.22. The van der Waals surface area contributed by atoms with Crippen molar-refractivity contribution >= 4 is 23.3 Å². The second kappa shape index (κ2) is 7.13. The largest absolute Gasteiger partial charge is 0.465 e. The van der Waals surface area contributed by atoms with E-state index in [2.05, 4.69) is 22.5 Å². The number of hydrogen-bond acceptors (Lipinski definition) is 4. The van der Waals surface area contributed by atoms with E-state index in [4.69, 9.17) is 16.0 Å². The first-order valence-corrected chi connectivity index (χ1v) is 7.21. The SMILES string of the molecule is CCCNc1ncc(C(=O)NCc2ccc(C)o2)cc1Cl. The van der Waals surface area contributed by atoms with Crippen LogP contribution in [0.3, 0.4) is 0 Å². The van der Waals surface area contributed by atoms with Gasteiger partial charge >= 0.3 is 0 Å². The molecule has 0 bridgehead atoms. The first kappa shape index (κ1) is 15.4. The summed E-state index contributed by atoms with van der Waals surface area (Å²) < 4.78 is 5.39. The zero-order chi connectivity index (χ0) is 15.2. The van der Waals surface area contributed by atoms with E-state index in [0.29, 0.717) is 28.7 Å². The summed E-state index contributed by atoms with van der Waals surface area (Å²) >= 11 is 6.11. The van der Waals surface area contributed by atoms with Crippen LogP contribution in [0.1, 0.15) is 35.2 Å². The molecule has 2 N–H and O–H groups in total. The molecule has 6 heteroatoms. The number of aryl methyl sites for hydroxylation is 1. The van der Waals surface area contributed by atoms with Crippen molar-refractivity contribution in [2.45, 2.75) is 26.8 Å². The highest BCUT2D eigenvalue weighted by atomic mass is 35.5. The fourth-order valence-electron chi connectivity index (χ4n) is 1.79. The molecule has 0 aliphatic carbocycles. The minimum Gasteiger partial charge on any atom is -0.465 e. The highest BCUT2D eigenvalue weighted by Crippen LogP contribution is 2.20. The van der Waals surface area contributed by atoms with E-state index in [9.17, 15) is 4.79 Å². The number of carbonyl (C=O) groups excluding carboxylic acids is 1. The van der Waals surface area contributed by atoms with E-state index in [0.717, 1.165) is 18.7 Å². The number of halogens is 1. The third-order valence-electron chi connectivity index (χ3n) is 2.87. The lowest BCUT2D eigenvalue weighted by Gasteiger charge is -2.08. The molecule has 0 atom stereocenters. The second-order valence-corrected chi connectivity index (χ2v) is 5.08. The molecule has 0 fully saturated rings. The molecule has 5 nitrogen and oxygen atoms in total. The number of rotatable bonds is 6. The Balaban J connectivity index is 1.97. The summed E-state index contributed by atoms with van der Waals surface area (Å²) in [6.07, 6.45) is 2.48. The molecular weight excluding hydrogens is 290 g/mol. The van der Waals surface area contributed by atoms with Crippen LogP contribution in [-0.4, -0.2) is 17.4 Å². The number of nitrogens with one attached hydrogen (secondary N) is 2. The van der Waals surface area contributed by atoms with E-state index < -0.39 is 0 Å². The van der Waals surface area contributed by atoms with Crippen molar-refractivity contribution < 1.29 is 9.21 Å². The zero-order valence-electron chi connectivity index (χ0n) is 12.1. The summed E-state index contributed by atoms with van der Waals surface area (Å²) in [5.74, 6) is 1.88. The molecular formula is C15H18ClN3O2. The maximum absolute atomic E-state index is 12.0. The maximum Gasteiger partial charge on any atom is 0.253 e. The molecule has 0 saturated carbocycles. The van der Waals surface area contributed by atoms with Crippen molar-refractivity contribution in [3.05, 3.63) is 46.5 Å². The van der Waals surface area contributed by atoms with Crippen LogP contribution in [0.5, 0.6) is 0 Å². The number of anilines is 1. The van der Waals surface area contributed by atoms with Crippen molar-refractivity contribution in [1.82, 2.24) is 10.3 Å². The Morgan fingerprint density at radius 2 is 2.24 bits per heavy atom. The van der Waals surface area contributed by atoms with E-state index in [-0.39, 0.29) is 5.91 Å². The number of furan rings is 1. The van der Waals surface area contributed by atoms with Gasteiger partial charge in [-0.2, -0.15) is 0 Å². The summed E-state index contributed by atoms with van der Waals surface area (Å²) in [6, 6.07) is 5.29. The quantitative estimate of drug-likeness (QED) is 0.858. The number of pyridine rings is 1. The van der Waals surface area contributed by atoms with Crippen molar-refractivity contribution in [2.75, 3.05) is 11.9 Å². The number of nitrogens with zero attached hydrogens (tertiary/aromatic N) is 1. The molecule has 0 radical (unpaired) electrons. The predicted molar refractivity (Wildman–Crippen MR) is 82.6 cm³/mol. The maximum atomic E-state index is 12.0. The average molecular weight is 308 g/mol. The highest BCUT2D eigenvalue weighted by molar-refractivity contribution is 6.33. The number of aromatic nitrogens is 1. The van der Waals surface area contributed by atoms with E-state index in [1.807, 2.05) is 19.1 Å². The molecule has 0 saturated heterocycles. The van der Waals surface area contributed by atoms with Gasteiger partial charge in [-0.25, -0.2) is 4.98 Å². The van der Waals surface area contributed by atoms with Crippen molar-refractivity contribution in [3.8, 4) is 0 Å². The number of amides is 1. The van der Waals surface area contributed by atoms with Gasteiger partial charge in [0.25, 0.3) is 5.91 Å². The van der Waals surface area contributed by atoms with Gasteiger partial charge in [-0.05, 0) is 31.5 Å². The van der Waals surface area contributed by atoms with Gasteiger partial charge in [-0.1, -0.05) is 18.5 Å². The molecule has 0 spiro atoms. The lowest BCUT2D eigenvalue weighted by molar-refractivity contribution is 0.0947. The molecule has 2 heterocycles. The summed E-state index contributed by atoms with van der Waals surface area (Å²) in [4.78, 5) is 16.2. The number of carbonyl (C=O) groups is 1. The van der Waals surface area contributed by atoms with Crippen LogP contribution in [-0.2, 0) is 6.54 Å². The molecule has 0 aliphatic rings. The van der Waals surface area contributed by atoms with E-state index in [1.54, 1.807) is 6.07 Å². The molecule has 0 aliphatic heterocycles. The van der Waals surface area contributed by atoms with Crippen LogP contribution in [0.15, 0.2) is 28.8 Å². The molecule has 21 heavy (non-hydrogen) atoms. The fraction of sp³-hybridized carbons (Fsp3) is 0.333. The Labute approximate surface area is 128 Å². The monoisotopic (exact) mass is 307 g/mol. The van der Waals surface area contributed by atoms with Gasteiger partial charge in [0.2, 0.25) is 0 Å². The van der Waals surface area contributed by atoms with E-state index >= 15 is 0 Å². The van der Waals surface area contributed by atoms with Gasteiger partial charge in [-0.15, -0.1) is 0 Å². The Morgan fingerprint density at radius 3 is 2.86 bits per heavy atom.